The lowest BCUT2D eigenvalue weighted by molar-refractivity contribution is 0.0372. The molecule has 0 bridgehead atoms. The molecule has 2 rings (SSSR count). The summed E-state index contributed by atoms with van der Waals surface area (Å²) in [6.45, 7) is 5.27. The van der Waals surface area contributed by atoms with E-state index in [-0.39, 0.29) is 10.3 Å². The van der Waals surface area contributed by atoms with Gasteiger partial charge in [-0.05, 0) is 51.6 Å². The molecule has 7 nitrogen and oxygen atoms in total. The number of carbonyl (C=O) groups excluding carboxylic acids is 1. The Kier molecular flexibility index (Phi) is 4.60. The van der Waals surface area contributed by atoms with Gasteiger partial charge in [-0.25, -0.2) is 23.2 Å². The Hall–Kier alpha value is -1.41. The van der Waals surface area contributed by atoms with E-state index in [1.165, 1.54) is 6.20 Å². The second kappa shape index (κ2) is 5.90. The molecule has 1 heterocycles. The van der Waals surface area contributed by atoms with Crippen molar-refractivity contribution in [3.63, 3.8) is 0 Å². The van der Waals surface area contributed by atoms with E-state index >= 15 is 0 Å². The van der Waals surface area contributed by atoms with Gasteiger partial charge < -0.3 is 10.1 Å². The zero-order chi connectivity index (χ0) is 17.5. The molecule has 1 aliphatic rings. The summed E-state index contributed by atoms with van der Waals surface area (Å²) in [5.41, 5.74) is -1.14. The third-order valence-electron chi connectivity index (χ3n) is 3.54. The molecule has 23 heavy (non-hydrogen) atoms. The van der Waals surface area contributed by atoms with E-state index in [2.05, 4.69) is 15.3 Å². The fraction of sp³-hybridized carbons (Fsp3) is 0.643. The second-order valence-corrected chi connectivity index (χ2v) is 8.96. The Morgan fingerprint density at radius 3 is 2.43 bits per heavy atom. The van der Waals surface area contributed by atoms with Crippen molar-refractivity contribution in [1.29, 1.82) is 0 Å². The number of aromatic nitrogens is 2. The summed E-state index contributed by atoms with van der Waals surface area (Å²) in [4.78, 5) is 19.8. The molecule has 1 aliphatic carbocycles. The predicted octanol–water partition coefficient (Wildman–Crippen LogP) is 2.44. The third kappa shape index (κ3) is 4.11. The Morgan fingerprint density at radius 2 is 2.00 bits per heavy atom. The van der Waals surface area contributed by atoms with E-state index in [4.69, 9.17) is 16.3 Å². The number of halogens is 1. The van der Waals surface area contributed by atoms with Crippen molar-refractivity contribution in [2.75, 3.05) is 6.26 Å². The fourth-order valence-corrected chi connectivity index (χ4v) is 3.53. The zero-order valence-corrected chi connectivity index (χ0v) is 15.1. The van der Waals surface area contributed by atoms with E-state index in [1.54, 1.807) is 20.8 Å². The number of amides is 1. The SMILES string of the molecule is CC(C)(C)OC(=O)NC1(c2cnc(Cl)nc2S(C)(=O)=O)CCC1. The van der Waals surface area contributed by atoms with Gasteiger partial charge in [-0.2, -0.15) is 0 Å². The largest absolute Gasteiger partial charge is 0.444 e. The molecule has 1 saturated carbocycles. The van der Waals surface area contributed by atoms with Gasteiger partial charge in [0.2, 0.25) is 5.28 Å². The number of sulfone groups is 1. The Morgan fingerprint density at radius 1 is 1.39 bits per heavy atom. The highest BCUT2D eigenvalue weighted by Crippen LogP contribution is 2.43. The van der Waals surface area contributed by atoms with E-state index in [0.29, 0.717) is 18.4 Å². The van der Waals surface area contributed by atoms with Crippen LogP contribution in [-0.2, 0) is 20.1 Å². The maximum atomic E-state index is 12.1. The van der Waals surface area contributed by atoms with Crippen molar-refractivity contribution in [3.05, 3.63) is 17.0 Å². The lowest BCUT2D eigenvalue weighted by Crippen LogP contribution is -2.52. The van der Waals surface area contributed by atoms with Crippen molar-refractivity contribution in [2.45, 2.75) is 56.2 Å². The van der Waals surface area contributed by atoms with Crippen molar-refractivity contribution in [2.24, 2.45) is 0 Å². The summed E-state index contributed by atoms with van der Waals surface area (Å²) < 4.78 is 29.3. The van der Waals surface area contributed by atoms with Crippen LogP contribution in [0.1, 0.15) is 45.6 Å². The van der Waals surface area contributed by atoms with Crippen LogP contribution in [0.25, 0.3) is 0 Å². The highest BCUT2D eigenvalue weighted by Gasteiger charge is 2.44. The quantitative estimate of drug-likeness (QED) is 0.655. The van der Waals surface area contributed by atoms with Crippen LogP contribution in [0.5, 0.6) is 0 Å². The van der Waals surface area contributed by atoms with Crippen LogP contribution in [0.3, 0.4) is 0 Å². The molecular weight excluding hydrogens is 342 g/mol. The van der Waals surface area contributed by atoms with Crippen LogP contribution in [0.15, 0.2) is 11.2 Å². The van der Waals surface area contributed by atoms with E-state index < -0.39 is 27.1 Å². The van der Waals surface area contributed by atoms with Crippen molar-refractivity contribution >= 4 is 27.5 Å². The first kappa shape index (κ1) is 17.9. The standard InChI is InChI=1S/C14H20ClN3O4S/c1-13(2,3)22-12(19)18-14(6-5-7-14)9-8-16-11(15)17-10(9)23(4,20)21/h8H,5-7H2,1-4H3,(H,18,19). The van der Waals surface area contributed by atoms with E-state index in [0.717, 1.165) is 12.7 Å². The number of nitrogens with one attached hydrogen (secondary N) is 1. The normalized spacial score (nSPS) is 17.3. The molecule has 0 atom stereocenters. The van der Waals surface area contributed by atoms with Gasteiger partial charge in [0, 0.05) is 18.0 Å². The van der Waals surface area contributed by atoms with Crippen LogP contribution >= 0.6 is 11.6 Å². The van der Waals surface area contributed by atoms with Crippen LogP contribution < -0.4 is 5.32 Å². The minimum Gasteiger partial charge on any atom is -0.444 e. The number of hydrogen-bond acceptors (Lipinski definition) is 6. The van der Waals surface area contributed by atoms with Crippen LogP contribution in [0, 0.1) is 0 Å². The summed E-state index contributed by atoms with van der Waals surface area (Å²) in [7, 11) is -3.61. The molecule has 0 spiro atoms. The van der Waals surface area contributed by atoms with Crippen molar-refractivity contribution < 1.29 is 17.9 Å². The monoisotopic (exact) mass is 361 g/mol. The van der Waals surface area contributed by atoms with E-state index in [9.17, 15) is 13.2 Å². The molecule has 1 aromatic heterocycles. The average molecular weight is 362 g/mol. The second-order valence-electron chi connectivity index (χ2n) is 6.69. The Balaban J connectivity index is 2.40. The summed E-state index contributed by atoms with van der Waals surface area (Å²) in [5.74, 6) is 0. The van der Waals surface area contributed by atoms with E-state index in [1.807, 2.05) is 0 Å². The average Bonchev–Trinajstić information content (AvgIpc) is 2.30. The molecular formula is C14H20ClN3O4S. The van der Waals surface area contributed by atoms with Crippen LogP contribution in [0.4, 0.5) is 4.79 Å². The smallest absolute Gasteiger partial charge is 0.408 e. The van der Waals surface area contributed by atoms with Gasteiger partial charge >= 0.3 is 6.09 Å². The molecule has 1 fully saturated rings. The van der Waals surface area contributed by atoms with Gasteiger partial charge in [0.1, 0.15) is 5.60 Å². The molecule has 9 heteroatoms. The number of rotatable bonds is 3. The third-order valence-corrected chi connectivity index (χ3v) is 4.73. The molecule has 0 aromatic carbocycles. The maximum absolute atomic E-state index is 12.1. The molecule has 0 saturated heterocycles. The topological polar surface area (TPSA) is 98.2 Å². The number of ether oxygens (including phenoxy) is 1. The minimum atomic E-state index is -3.61. The Bertz CT molecular complexity index is 724. The van der Waals surface area contributed by atoms with Gasteiger partial charge in [-0.1, -0.05) is 0 Å². The Labute approximate surface area is 140 Å². The number of alkyl carbamates (subject to hydrolysis) is 1. The summed E-state index contributed by atoms with van der Waals surface area (Å²) in [6, 6.07) is 0. The highest BCUT2D eigenvalue weighted by molar-refractivity contribution is 7.90. The zero-order valence-electron chi connectivity index (χ0n) is 13.5. The summed E-state index contributed by atoms with van der Waals surface area (Å²) in [6.07, 6.45) is 3.82. The molecule has 0 aliphatic heterocycles. The lowest BCUT2D eigenvalue weighted by atomic mass is 9.73. The molecule has 128 valence electrons. The van der Waals surface area contributed by atoms with Crippen LogP contribution in [-0.4, -0.2) is 36.3 Å². The van der Waals surface area contributed by atoms with Crippen molar-refractivity contribution in [3.8, 4) is 0 Å². The summed E-state index contributed by atoms with van der Waals surface area (Å²) >= 11 is 5.73. The van der Waals surface area contributed by atoms with Crippen molar-refractivity contribution in [1.82, 2.24) is 15.3 Å². The molecule has 1 aromatic rings. The van der Waals surface area contributed by atoms with Gasteiger partial charge in [-0.3, -0.25) is 0 Å². The summed E-state index contributed by atoms with van der Waals surface area (Å²) in [5, 5.41) is 2.48. The molecule has 1 N–H and O–H groups in total. The first-order chi connectivity index (χ1) is 10.4. The lowest BCUT2D eigenvalue weighted by Gasteiger charge is -2.43. The van der Waals surface area contributed by atoms with Crippen LogP contribution in [0.2, 0.25) is 5.28 Å². The predicted molar refractivity (Wildman–Crippen MR) is 85.1 cm³/mol. The van der Waals surface area contributed by atoms with Gasteiger partial charge in [0.15, 0.2) is 14.9 Å². The fourth-order valence-electron chi connectivity index (χ4n) is 2.45. The molecule has 0 unspecified atom stereocenters. The van der Waals surface area contributed by atoms with Gasteiger partial charge in [-0.15, -0.1) is 0 Å². The maximum Gasteiger partial charge on any atom is 0.408 e. The molecule has 1 amide bonds. The van der Waals surface area contributed by atoms with Gasteiger partial charge in [0.05, 0.1) is 5.54 Å². The minimum absolute atomic E-state index is 0.152. The first-order valence-electron chi connectivity index (χ1n) is 7.17. The number of carbonyl (C=O) groups is 1. The number of hydrogen-bond donors (Lipinski definition) is 1. The number of nitrogens with zero attached hydrogens (tertiary/aromatic N) is 2. The first-order valence-corrected chi connectivity index (χ1v) is 9.44. The molecule has 0 radical (unpaired) electrons. The van der Waals surface area contributed by atoms with Gasteiger partial charge in [0.25, 0.3) is 0 Å². The highest BCUT2D eigenvalue weighted by atomic mass is 35.5.